The number of nitrogens with one attached hydrogen (secondary N) is 2. The second-order valence-corrected chi connectivity index (χ2v) is 4.09. The van der Waals surface area contributed by atoms with Crippen molar-refractivity contribution in [2.75, 3.05) is 13.1 Å². The quantitative estimate of drug-likeness (QED) is 0.860. The van der Waals surface area contributed by atoms with Gasteiger partial charge in [-0.3, -0.25) is 0 Å². The first-order valence-corrected chi connectivity index (χ1v) is 5.67. The Bertz CT molecular complexity index is 522. The molecule has 0 saturated heterocycles. The first-order valence-electron chi connectivity index (χ1n) is 5.67. The molecule has 3 nitrogen and oxygen atoms in total. The van der Waals surface area contributed by atoms with E-state index < -0.39 is 11.6 Å². The predicted octanol–water partition coefficient (Wildman–Crippen LogP) is 2.55. The lowest BCUT2D eigenvalue weighted by Gasteiger charge is -2.07. The fourth-order valence-corrected chi connectivity index (χ4v) is 1.73. The number of aromatic amines is 1. The van der Waals surface area contributed by atoms with Crippen molar-refractivity contribution < 1.29 is 8.78 Å². The van der Waals surface area contributed by atoms with Crippen molar-refractivity contribution >= 4 is 11.0 Å². The molecule has 1 aromatic heterocycles. The maximum absolute atomic E-state index is 13.5. The lowest BCUT2D eigenvalue weighted by atomic mass is 10.2. The Morgan fingerprint density at radius 3 is 2.88 bits per heavy atom. The van der Waals surface area contributed by atoms with Gasteiger partial charge in [0.15, 0.2) is 11.6 Å². The van der Waals surface area contributed by atoms with Crippen LogP contribution in [0.3, 0.4) is 0 Å². The van der Waals surface area contributed by atoms with E-state index in [1.54, 1.807) is 0 Å². The van der Waals surface area contributed by atoms with Crippen molar-refractivity contribution in [2.24, 2.45) is 0 Å². The molecular weight excluding hydrogens is 224 g/mol. The summed E-state index contributed by atoms with van der Waals surface area (Å²) in [5.41, 5.74) is 0.602. The highest BCUT2D eigenvalue weighted by Crippen LogP contribution is 2.21. The van der Waals surface area contributed by atoms with E-state index in [-0.39, 0.29) is 11.4 Å². The number of H-pyrrole nitrogens is 1. The molecule has 0 amide bonds. The number of hydrogen-bond donors (Lipinski definition) is 2. The number of likely N-dealkylation sites (N-methyl/N-ethyl adjacent to an activating group) is 1. The number of imidazole rings is 1. The summed E-state index contributed by atoms with van der Waals surface area (Å²) in [6, 6.07) is 2.61. The van der Waals surface area contributed by atoms with Gasteiger partial charge in [-0.25, -0.2) is 13.8 Å². The molecule has 0 fully saturated rings. The number of rotatable bonds is 4. The monoisotopic (exact) mass is 239 g/mol. The fourth-order valence-electron chi connectivity index (χ4n) is 1.73. The Morgan fingerprint density at radius 1 is 1.41 bits per heavy atom. The van der Waals surface area contributed by atoms with Gasteiger partial charge in [0.1, 0.15) is 11.3 Å². The van der Waals surface area contributed by atoms with Crippen LogP contribution in [0.15, 0.2) is 12.1 Å². The molecule has 1 atom stereocenters. The number of fused-ring (bicyclic) bond motifs is 1. The van der Waals surface area contributed by atoms with E-state index in [4.69, 9.17) is 0 Å². The van der Waals surface area contributed by atoms with Gasteiger partial charge in [0.2, 0.25) is 0 Å². The Morgan fingerprint density at radius 2 is 2.18 bits per heavy atom. The van der Waals surface area contributed by atoms with E-state index in [0.29, 0.717) is 11.3 Å². The topological polar surface area (TPSA) is 40.7 Å². The molecule has 2 N–H and O–H groups in total. The van der Waals surface area contributed by atoms with Gasteiger partial charge in [0.25, 0.3) is 0 Å². The number of aromatic nitrogens is 2. The fraction of sp³-hybridized carbons (Fsp3) is 0.417. The molecule has 2 rings (SSSR count). The van der Waals surface area contributed by atoms with Crippen LogP contribution in [0.1, 0.15) is 25.6 Å². The third-order valence-electron chi connectivity index (χ3n) is 2.73. The summed E-state index contributed by atoms with van der Waals surface area (Å²) in [5, 5.41) is 3.19. The second kappa shape index (κ2) is 4.79. The third kappa shape index (κ3) is 2.29. The van der Waals surface area contributed by atoms with Gasteiger partial charge in [-0.05, 0) is 18.7 Å². The van der Waals surface area contributed by atoms with Crippen molar-refractivity contribution in [3.63, 3.8) is 0 Å². The summed E-state index contributed by atoms with van der Waals surface area (Å²) in [4.78, 5) is 7.13. The highest BCUT2D eigenvalue weighted by molar-refractivity contribution is 5.75. The van der Waals surface area contributed by atoms with Crippen LogP contribution in [-0.4, -0.2) is 23.1 Å². The first-order chi connectivity index (χ1) is 8.13. The van der Waals surface area contributed by atoms with Gasteiger partial charge < -0.3 is 10.3 Å². The largest absolute Gasteiger partial charge is 0.342 e. The molecule has 0 saturated carbocycles. The van der Waals surface area contributed by atoms with Gasteiger partial charge in [0.05, 0.1) is 5.52 Å². The van der Waals surface area contributed by atoms with Crippen LogP contribution < -0.4 is 5.32 Å². The zero-order chi connectivity index (χ0) is 12.4. The standard InChI is InChI=1S/C12H15F2N3/c1-3-15-6-7(2)12-16-9-5-4-8(13)10(14)11(9)17-12/h4-5,7,15H,3,6H2,1-2H3,(H,16,17). The van der Waals surface area contributed by atoms with Gasteiger partial charge in [0, 0.05) is 12.5 Å². The Hall–Kier alpha value is -1.49. The Labute approximate surface area is 98.2 Å². The SMILES string of the molecule is CCNCC(C)c1nc2c(F)c(F)ccc2[nH]1. The molecule has 0 spiro atoms. The van der Waals surface area contributed by atoms with E-state index in [1.165, 1.54) is 6.07 Å². The summed E-state index contributed by atoms with van der Waals surface area (Å²) in [5.74, 6) is -0.953. The highest BCUT2D eigenvalue weighted by Gasteiger charge is 2.15. The normalized spacial score (nSPS) is 13.2. The molecule has 2 aromatic rings. The first kappa shape index (κ1) is 12.0. The van der Waals surface area contributed by atoms with Crippen molar-refractivity contribution in [1.29, 1.82) is 0 Å². The molecule has 1 aromatic carbocycles. The Kier molecular flexibility index (Phi) is 3.38. The van der Waals surface area contributed by atoms with Crippen LogP contribution >= 0.6 is 0 Å². The minimum Gasteiger partial charge on any atom is -0.342 e. The molecule has 92 valence electrons. The summed E-state index contributed by atoms with van der Waals surface area (Å²) in [6.07, 6.45) is 0. The van der Waals surface area contributed by atoms with Crippen molar-refractivity contribution in [3.8, 4) is 0 Å². The predicted molar refractivity (Wildman–Crippen MR) is 63.0 cm³/mol. The van der Waals surface area contributed by atoms with Crippen LogP contribution in [0.2, 0.25) is 0 Å². The van der Waals surface area contributed by atoms with Gasteiger partial charge in [-0.1, -0.05) is 13.8 Å². The zero-order valence-electron chi connectivity index (χ0n) is 9.85. The Balaban J connectivity index is 2.34. The molecule has 0 aliphatic heterocycles. The molecule has 0 aliphatic rings. The van der Waals surface area contributed by atoms with Crippen LogP contribution in [0.5, 0.6) is 0 Å². The maximum atomic E-state index is 13.5. The summed E-state index contributed by atoms with van der Waals surface area (Å²) in [6.45, 7) is 5.61. The third-order valence-corrected chi connectivity index (χ3v) is 2.73. The van der Waals surface area contributed by atoms with Crippen LogP contribution in [0.4, 0.5) is 8.78 Å². The number of nitrogens with zero attached hydrogens (tertiary/aromatic N) is 1. The van der Waals surface area contributed by atoms with Crippen molar-refractivity contribution in [1.82, 2.24) is 15.3 Å². The van der Waals surface area contributed by atoms with Crippen LogP contribution in [-0.2, 0) is 0 Å². The molecule has 0 bridgehead atoms. The number of hydrogen-bond acceptors (Lipinski definition) is 2. The minimum absolute atomic E-state index is 0.0725. The van der Waals surface area contributed by atoms with E-state index in [2.05, 4.69) is 15.3 Å². The maximum Gasteiger partial charge on any atom is 0.186 e. The minimum atomic E-state index is -0.888. The van der Waals surface area contributed by atoms with E-state index in [1.807, 2.05) is 13.8 Å². The van der Waals surface area contributed by atoms with Crippen LogP contribution in [0.25, 0.3) is 11.0 Å². The smallest absolute Gasteiger partial charge is 0.186 e. The average Bonchev–Trinajstić information content (AvgIpc) is 2.75. The zero-order valence-corrected chi connectivity index (χ0v) is 9.85. The van der Waals surface area contributed by atoms with Gasteiger partial charge >= 0.3 is 0 Å². The summed E-state index contributed by atoms with van der Waals surface area (Å²) < 4.78 is 26.5. The van der Waals surface area contributed by atoms with Crippen molar-refractivity contribution in [2.45, 2.75) is 19.8 Å². The summed E-state index contributed by atoms with van der Waals surface area (Å²) in [7, 11) is 0. The van der Waals surface area contributed by atoms with Crippen molar-refractivity contribution in [3.05, 3.63) is 29.6 Å². The van der Waals surface area contributed by atoms with E-state index in [0.717, 1.165) is 19.2 Å². The van der Waals surface area contributed by atoms with E-state index >= 15 is 0 Å². The lowest BCUT2D eigenvalue weighted by Crippen LogP contribution is -2.20. The molecule has 1 unspecified atom stereocenters. The van der Waals surface area contributed by atoms with E-state index in [9.17, 15) is 8.78 Å². The molecule has 0 aliphatic carbocycles. The molecule has 5 heteroatoms. The summed E-state index contributed by atoms with van der Waals surface area (Å²) >= 11 is 0. The number of benzene rings is 1. The molecule has 17 heavy (non-hydrogen) atoms. The molecule has 0 radical (unpaired) electrons. The average molecular weight is 239 g/mol. The number of halogens is 2. The lowest BCUT2D eigenvalue weighted by molar-refractivity contribution is 0.515. The van der Waals surface area contributed by atoms with Crippen LogP contribution in [0, 0.1) is 11.6 Å². The highest BCUT2D eigenvalue weighted by atomic mass is 19.2. The molecule has 1 heterocycles. The second-order valence-electron chi connectivity index (χ2n) is 4.09. The molecular formula is C12H15F2N3. The van der Waals surface area contributed by atoms with Gasteiger partial charge in [-0.2, -0.15) is 0 Å². The van der Waals surface area contributed by atoms with Gasteiger partial charge in [-0.15, -0.1) is 0 Å².